The topological polar surface area (TPSA) is 83.3 Å². The second-order valence-electron chi connectivity index (χ2n) is 7.33. The zero-order valence-electron chi connectivity index (χ0n) is 16.7. The van der Waals surface area contributed by atoms with Crippen LogP contribution < -0.4 is 10.6 Å². The number of aromatic nitrogens is 2. The molecular weight excluding hydrogens is 410 g/mol. The number of rotatable bonds is 5. The van der Waals surface area contributed by atoms with Gasteiger partial charge in [-0.15, -0.1) is 21.5 Å². The maximum Gasteiger partial charge on any atom is 0.323 e. The molecule has 2 N–H and O–H groups in total. The summed E-state index contributed by atoms with van der Waals surface area (Å²) >= 11 is 1.58. The van der Waals surface area contributed by atoms with Crippen LogP contribution in [0.2, 0.25) is 0 Å². The van der Waals surface area contributed by atoms with Crippen LogP contribution in [0.3, 0.4) is 0 Å². The highest BCUT2D eigenvalue weighted by molar-refractivity contribution is 7.13. The van der Waals surface area contributed by atoms with Crippen LogP contribution in [0.15, 0.2) is 70.5 Å². The first-order chi connectivity index (χ1) is 15.2. The molecule has 0 atom stereocenters. The largest absolute Gasteiger partial charge is 0.419 e. The lowest BCUT2D eigenvalue weighted by Gasteiger charge is -2.29. The molecule has 7 nitrogen and oxygen atoms in total. The van der Waals surface area contributed by atoms with Crippen molar-refractivity contribution in [3.05, 3.63) is 83.1 Å². The fourth-order valence-corrected chi connectivity index (χ4v) is 4.38. The quantitative estimate of drug-likeness (QED) is 0.465. The number of benzene rings is 2. The van der Waals surface area contributed by atoms with E-state index >= 15 is 0 Å². The van der Waals surface area contributed by atoms with Crippen LogP contribution >= 0.6 is 11.3 Å². The first-order valence-electron chi connectivity index (χ1n) is 10.1. The zero-order valence-corrected chi connectivity index (χ0v) is 17.6. The van der Waals surface area contributed by atoms with Crippen molar-refractivity contribution in [2.75, 3.05) is 17.2 Å². The maximum atomic E-state index is 12.4. The highest BCUT2D eigenvalue weighted by Gasteiger charge is 2.21. The number of fused-ring (bicyclic) bond motifs is 1. The van der Waals surface area contributed by atoms with Crippen LogP contribution in [0, 0.1) is 0 Å². The Kier molecular flexibility index (Phi) is 5.47. The summed E-state index contributed by atoms with van der Waals surface area (Å²) in [4.78, 5) is 15.7. The minimum atomic E-state index is -0.242. The molecule has 5 rings (SSSR count). The van der Waals surface area contributed by atoms with Crippen molar-refractivity contribution in [1.82, 2.24) is 15.1 Å². The molecule has 4 aromatic rings. The molecule has 0 unspecified atom stereocenters. The van der Waals surface area contributed by atoms with Gasteiger partial charge < -0.3 is 15.1 Å². The Balaban J connectivity index is 1.24. The number of carbonyl (C=O) groups is 1. The van der Waals surface area contributed by atoms with Crippen LogP contribution in [0.1, 0.15) is 17.0 Å². The van der Waals surface area contributed by atoms with Crippen LogP contribution in [0.25, 0.3) is 10.8 Å². The van der Waals surface area contributed by atoms with Gasteiger partial charge in [0.05, 0.1) is 11.4 Å². The third-order valence-electron chi connectivity index (χ3n) is 5.18. The molecule has 2 aromatic carbocycles. The molecule has 156 valence electrons. The number of urea groups is 1. The molecule has 1 aliphatic heterocycles. The molecule has 2 amide bonds. The Morgan fingerprint density at radius 1 is 1.03 bits per heavy atom. The molecule has 0 saturated carbocycles. The standard InChI is InChI=1S/C23H21N5O2S/c29-23(24-17-7-2-1-3-8-17)25-19-9-4-6-16-14-28(12-11-18(16)19)15-21-26-27-22(30-21)20-10-5-13-31-20/h1-10,13H,11-12,14-15H2,(H2,24,25,29). The lowest BCUT2D eigenvalue weighted by atomic mass is 9.97. The number of hydrogen-bond donors (Lipinski definition) is 2. The van der Waals surface area contributed by atoms with E-state index in [1.807, 2.05) is 60.0 Å². The van der Waals surface area contributed by atoms with E-state index in [4.69, 9.17) is 4.42 Å². The van der Waals surface area contributed by atoms with E-state index in [0.29, 0.717) is 18.3 Å². The van der Waals surface area contributed by atoms with E-state index in [-0.39, 0.29) is 6.03 Å². The predicted molar refractivity (Wildman–Crippen MR) is 121 cm³/mol. The van der Waals surface area contributed by atoms with Gasteiger partial charge in [0.15, 0.2) is 0 Å². The van der Waals surface area contributed by atoms with Crippen molar-refractivity contribution in [2.45, 2.75) is 19.5 Å². The summed E-state index contributed by atoms with van der Waals surface area (Å²) in [6.45, 7) is 2.22. The molecule has 1 aliphatic rings. The molecule has 0 spiro atoms. The zero-order chi connectivity index (χ0) is 21.0. The van der Waals surface area contributed by atoms with Crippen molar-refractivity contribution in [3.63, 3.8) is 0 Å². The second-order valence-corrected chi connectivity index (χ2v) is 8.28. The van der Waals surface area contributed by atoms with Gasteiger partial charge in [-0.05, 0) is 47.2 Å². The van der Waals surface area contributed by atoms with E-state index in [1.165, 1.54) is 11.1 Å². The number of thiophene rings is 1. The first-order valence-corrected chi connectivity index (χ1v) is 10.9. The fourth-order valence-electron chi connectivity index (χ4n) is 3.73. The summed E-state index contributed by atoms with van der Waals surface area (Å²) in [5, 5.41) is 16.2. The van der Waals surface area contributed by atoms with Gasteiger partial charge in [0.25, 0.3) is 5.89 Å². The number of amides is 2. The molecule has 0 aliphatic carbocycles. The third-order valence-corrected chi connectivity index (χ3v) is 6.04. The highest BCUT2D eigenvalue weighted by Crippen LogP contribution is 2.28. The molecule has 8 heteroatoms. The van der Waals surface area contributed by atoms with Gasteiger partial charge in [-0.3, -0.25) is 4.90 Å². The van der Waals surface area contributed by atoms with Crippen LogP contribution in [0.4, 0.5) is 16.2 Å². The molecular formula is C23H21N5O2S. The van der Waals surface area contributed by atoms with Gasteiger partial charge in [-0.1, -0.05) is 36.4 Å². The van der Waals surface area contributed by atoms with Crippen LogP contribution in [-0.4, -0.2) is 27.7 Å². The molecule has 0 bridgehead atoms. The lowest BCUT2D eigenvalue weighted by Crippen LogP contribution is -2.31. The van der Waals surface area contributed by atoms with E-state index < -0.39 is 0 Å². The number of nitrogens with zero attached hydrogens (tertiary/aromatic N) is 3. The molecule has 0 fully saturated rings. The summed E-state index contributed by atoms with van der Waals surface area (Å²) in [5.41, 5.74) is 3.98. The van der Waals surface area contributed by atoms with Gasteiger partial charge in [0.2, 0.25) is 5.89 Å². The smallest absolute Gasteiger partial charge is 0.323 e. The van der Waals surface area contributed by atoms with Crippen molar-refractivity contribution in [1.29, 1.82) is 0 Å². The minimum absolute atomic E-state index is 0.242. The lowest BCUT2D eigenvalue weighted by molar-refractivity contribution is 0.222. The molecule has 0 radical (unpaired) electrons. The van der Waals surface area contributed by atoms with E-state index in [0.717, 1.165) is 35.8 Å². The predicted octanol–water partition coefficient (Wildman–Crippen LogP) is 5.00. The fraction of sp³-hybridized carbons (Fsp3) is 0.174. The summed E-state index contributed by atoms with van der Waals surface area (Å²) < 4.78 is 5.83. The van der Waals surface area contributed by atoms with Crippen molar-refractivity contribution >= 4 is 28.7 Å². The van der Waals surface area contributed by atoms with E-state index in [9.17, 15) is 4.79 Å². The molecule has 2 aromatic heterocycles. The van der Waals surface area contributed by atoms with E-state index in [1.54, 1.807) is 11.3 Å². The average molecular weight is 432 g/mol. The molecule has 0 saturated heterocycles. The molecule has 31 heavy (non-hydrogen) atoms. The number of anilines is 2. The first kappa shape index (κ1) is 19.5. The minimum Gasteiger partial charge on any atom is -0.419 e. The Labute approximate surface area is 183 Å². The SMILES string of the molecule is O=C(Nc1ccccc1)Nc1cccc2c1CCN(Cc1nnc(-c3cccs3)o1)C2. The monoisotopic (exact) mass is 431 g/mol. The van der Waals surface area contributed by atoms with Gasteiger partial charge in [-0.25, -0.2) is 4.79 Å². The second kappa shape index (κ2) is 8.71. The summed E-state index contributed by atoms with van der Waals surface area (Å²) in [6.07, 6.45) is 0.836. The number of nitrogens with one attached hydrogen (secondary N) is 2. The van der Waals surface area contributed by atoms with Crippen LogP contribution in [0.5, 0.6) is 0 Å². The van der Waals surface area contributed by atoms with Crippen molar-refractivity contribution in [2.24, 2.45) is 0 Å². The Morgan fingerprint density at radius 2 is 1.94 bits per heavy atom. The third kappa shape index (κ3) is 4.50. The summed E-state index contributed by atoms with van der Waals surface area (Å²) in [5.74, 6) is 1.18. The number of para-hydroxylation sites is 1. The van der Waals surface area contributed by atoms with Gasteiger partial charge >= 0.3 is 6.03 Å². The maximum absolute atomic E-state index is 12.4. The Bertz CT molecular complexity index is 1170. The summed E-state index contributed by atoms with van der Waals surface area (Å²) in [6, 6.07) is 19.1. The number of carbonyl (C=O) groups excluding carboxylic acids is 1. The van der Waals surface area contributed by atoms with Gasteiger partial charge in [0, 0.05) is 24.5 Å². The normalized spacial score (nSPS) is 13.5. The summed E-state index contributed by atoms with van der Waals surface area (Å²) in [7, 11) is 0. The van der Waals surface area contributed by atoms with Gasteiger partial charge in [-0.2, -0.15) is 0 Å². The van der Waals surface area contributed by atoms with E-state index in [2.05, 4.69) is 31.8 Å². The highest BCUT2D eigenvalue weighted by atomic mass is 32.1. The van der Waals surface area contributed by atoms with Gasteiger partial charge in [0.1, 0.15) is 0 Å². The number of hydrogen-bond acceptors (Lipinski definition) is 6. The Morgan fingerprint density at radius 3 is 2.77 bits per heavy atom. The molecule has 3 heterocycles. The van der Waals surface area contributed by atoms with Crippen molar-refractivity contribution in [3.8, 4) is 10.8 Å². The Hall–Kier alpha value is -3.49. The van der Waals surface area contributed by atoms with Crippen LogP contribution in [-0.2, 0) is 19.5 Å². The van der Waals surface area contributed by atoms with Crippen molar-refractivity contribution < 1.29 is 9.21 Å². The average Bonchev–Trinajstić information content (AvgIpc) is 3.46.